The van der Waals surface area contributed by atoms with E-state index in [2.05, 4.69) is 10.6 Å². The highest BCUT2D eigenvalue weighted by Gasteiger charge is 2.11. The molecule has 2 aromatic carbocycles. The van der Waals surface area contributed by atoms with Crippen LogP contribution in [0, 0.1) is 0 Å². The smallest absolute Gasteiger partial charge is 0.233 e. The molecule has 2 N–H and O–H groups in total. The van der Waals surface area contributed by atoms with Gasteiger partial charge >= 0.3 is 0 Å². The van der Waals surface area contributed by atoms with Crippen molar-refractivity contribution in [1.82, 2.24) is 5.32 Å². The summed E-state index contributed by atoms with van der Waals surface area (Å²) in [6.07, 6.45) is 1.24. The third-order valence-corrected chi connectivity index (χ3v) is 4.18. The van der Waals surface area contributed by atoms with Crippen molar-refractivity contribution >= 4 is 17.5 Å². The third-order valence-electron chi connectivity index (χ3n) is 4.18. The Labute approximate surface area is 159 Å². The number of ether oxygens (including phenoxy) is 2. The molecule has 0 aromatic heterocycles. The first-order valence-corrected chi connectivity index (χ1v) is 8.92. The van der Waals surface area contributed by atoms with Gasteiger partial charge in [0.05, 0.1) is 14.2 Å². The van der Waals surface area contributed by atoms with Crippen molar-refractivity contribution in [2.24, 2.45) is 0 Å². The van der Waals surface area contributed by atoms with Gasteiger partial charge in [-0.2, -0.15) is 0 Å². The van der Waals surface area contributed by atoms with Crippen LogP contribution in [0.1, 0.15) is 24.5 Å². The van der Waals surface area contributed by atoms with Crippen LogP contribution >= 0.6 is 0 Å². The van der Waals surface area contributed by atoms with E-state index in [1.165, 1.54) is 0 Å². The van der Waals surface area contributed by atoms with Crippen LogP contribution in [0.3, 0.4) is 0 Å². The zero-order chi connectivity index (χ0) is 19.6. The number of methoxy groups -OCH3 is 2. The Kier molecular flexibility index (Phi) is 7.67. The largest absolute Gasteiger partial charge is 0.493 e. The number of rotatable bonds is 9. The second-order valence-electron chi connectivity index (χ2n) is 6.02. The summed E-state index contributed by atoms with van der Waals surface area (Å²) in [6.45, 7) is 2.46. The first-order chi connectivity index (χ1) is 13.1. The number of benzene rings is 2. The minimum Gasteiger partial charge on any atom is -0.493 e. The number of amides is 2. The van der Waals surface area contributed by atoms with Crippen LogP contribution in [0.25, 0.3) is 0 Å². The van der Waals surface area contributed by atoms with E-state index in [1.807, 2.05) is 49.4 Å². The summed E-state index contributed by atoms with van der Waals surface area (Å²) in [6, 6.07) is 13.2. The molecule has 0 spiro atoms. The zero-order valence-corrected chi connectivity index (χ0v) is 16.0. The number of hydrogen-bond acceptors (Lipinski definition) is 4. The van der Waals surface area contributed by atoms with Crippen molar-refractivity contribution in [1.29, 1.82) is 0 Å². The van der Waals surface area contributed by atoms with Gasteiger partial charge < -0.3 is 20.1 Å². The lowest BCUT2D eigenvalue weighted by molar-refractivity contribution is -0.126. The molecule has 0 unspecified atom stereocenters. The first kappa shape index (κ1) is 20.3. The molecule has 2 aromatic rings. The van der Waals surface area contributed by atoms with Gasteiger partial charge in [-0.25, -0.2) is 0 Å². The van der Waals surface area contributed by atoms with Crippen molar-refractivity contribution in [2.75, 3.05) is 26.1 Å². The summed E-state index contributed by atoms with van der Waals surface area (Å²) in [5.74, 6) is 0.686. The lowest BCUT2D eigenvalue weighted by Gasteiger charge is -2.11. The Morgan fingerprint density at radius 3 is 2.41 bits per heavy atom. The molecule has 0 aliphatic heterocycles. The van der Waals surface area contributed by atoms with Crippen molar-refractivity contribution in [2.45, 2.75) is 26.2 Å². The predicted molar refractivity (Wildman–Crippen MR) is 105 cm³/mol. The molecule has 0 heterocycles. The molecular weight excluding hydrogens is 344 g/mol. The number of anilines is 1. The fourth-order valence-electron chi connectivity index (χ4n) is 2.74. The molecule has 2 amide bonds. The number of carbonyl (C=O) groups excluding carboxylic acids is 2. The molecule has 2 rings (SSSR count). The van der Waals surface area contributed by atoms with E-state index >= 15 is 0 Å². The van der Waals surface area contributed by atoms with Gasteiger partial charge in [-0.3, -0.25) is 9.59 Å². The summed E-state index contributed by atoms with van der Waals surface area (Å²) in [5.41, 5.74) is 2.80. The summed E-state index contributed by atoms with van der Waals surface area (Å²) >= 11 is 0. The van der Waals surface area contributed by atoms with Gasteiger partial charge in [-0.15, -0.1) is 0 Å². The van der Waals surface area contributed by atoms with Crippen LogP contribution in [0.4, 0.5) is 5.69 Å². The lowest BCUT2D eigenvalue weighted by Crippen LogP contribution is -2.29. The van der Waals surface area contributed by atoms with Crippen LogP contribution in [0.5, 0.6) is 11.5 Å². The van der Waals surface area contributed by atoms with Crippen molar-refractivity contribution in [3.63, 3.8) is 0 Å². The van der Waals surface area contributed by atoms with Crippen molar-refractivity contribution < 1.29 is 19.1 Å². The number of aryl methyl sites for hydroxylation is 1. The van der Waals surface area contributed by atoms with E-state index in [1.54, 1.807) is 14.2 Å². The van der Waals surface area contributed by atoms with Crippen molar-refractivity contribution in [3.8, 4) is 11.5 Å². The molecule has 6 heteroatoms. The van der Waals surface area contributed by atoms with E-state index in [9.17, 15) is 9.59 Å². The zero-order valence-electron chi connectivity index (χ0n) is 16.0. The molecule has 0 aliphatic carbocycles. The maximum atomic E-state index is 12.1. The highest BCUT2D eigenvalue weighted by Crippen LogP contribution is 2.27. The molecule has 144 valence electrons. The monoisotopic (exact) mass is 370 g/mol. The van der Waals surface area contributed by atoms with Gasteiger partial charge in [-0.05, 0) is 42.2 Å². The molecule has 0 saturated heterocycles. The predicted octanol–water partition coefficient (Wildman–Crippen LogP) is 2.95. The molecule has 6 nitrogen and oxygen atoms in total. The number of para-hydroxylation sites is 1. The van der Waals surface area contributed by atoms with E-state index in [-0.39, 0.29) is 18.2 Å². The van der Waals surface area contributed by atoms with Gasteiger partial charge in [0.2, 0.25) is 11.8 Å². The first-order valence-electron chi connectivity index (χ1n) is 8.92. The van der Waals surface area contributed by atoms with E-state index in [4.69, 9.17) is 9.47 Å². The number of hydrogen-bond donors (Lipinski definition) is 2. The van der Waals surface area contributed by atoms with E-state index < -0.39 is 0 Å². The normalized spacial score (nSPS) is 10.2. The van der Waals surface area contributed by atoms with Gasteiger partial charge in [0.15, 0.2) is 11.5 Å². The average molecular weight is 370 g/mol. The summed E-state index contributed by atoms with van der Waals surface area (Å²) in [7, 11) is 3.17. The Morgan fingerprint density at radius 1 is 0.963 bits per heavy atom. The minimum absolute atomic E-state index is 0.204. The molecule has 0 aliphatic rings. The van der Waals surface area contributed by atoms with Gasteiger partial charge in [0, 0.05) is 12.2 Å². The van der Waals surface area contributed by atoms with Gasteiger partial charge in [-0.1, -0.05) is 31.2 Å². The lowest BCUT2D eigenvalue weighted by atomic mass is 10.1. The standard InChI is InChI=1S/C21H26N2O4/c1-4-16-7-5-6-8-17(16)23-21(25)14-20(24)22-12-11-15-9-10-18(26-2)19(13-15)27-3/h5-10,13H,4,11-12,14H2,1-3H3,(H,22,24)(H,23,25). The van der Waals surface area contributed by atoms with Crippen LogP contribution in [0.15, 0.2) is 42.5 Å². The Bertz CT molecular complexity index is 790. The maximum absolute atomic E-state index is 12.1. The highest BCUT2D eigenvalue weighted by atomic mass is 16.5. The Hall–Kier alpha value is -3.02. The summed E-state index contributed by atoms with van der Waals surface area (Å²) < 4.78 is 10.5. The Morgan fingerprint density at radius 2 is 1.70 bits per heavy atom. The molecular formula is C21H26N2O4. The third kappa shape index (κ3) is 6.02. The van der Waals surface area contributed by atoms with Crippen LogP contribution in [-0.4, -0.2) is 32.6 Å². The van der Waals surface area contributed by atoms with Crippen molar-refractivity contribution in [3.05, 3.63) is 53.6 Å². The van der Waals surface area contributed by atoms with Crippen LogP contribution < -0.4 is 20.1 Å². The van der Waals surface area contributed by atoms with E-state index in [0.29, 0.717) is 24.5 Å². The second-order valence-corrected chi connectivity index (χ2v) is 6.02. The maximum Gasteiger partial charge on any atom is 0.233 e. The minimum atomic E-state index is -0.320. The fraction of sp³-hybridized carbons (Fsp3) is 0.333. The second kappa shape index (κ2) is 10.2. The van der Waals surface area contributed by atoms with Crippen LogP contribution in [-0.2, 0) is 22.4 Å². The fourth-order valence-corrected chi connectivity index (χ4v) is 2.74. The molecule has 27 heavy (non-hydrogen) atoms. The highest BCUT2D eigenvalue weighted by molar-refractivity contribution is 6.03. The topological polar surface area (TPSA) is 76.7 Å². The summed E-state index contributed by atoms with van der Waals surface area (Å²) in [5, 5.41) is 5.57. The summed E-state index contributed by atoms with van der Waals surface area (Å²) in [4.78, 5) is 24.1. The SMILES string of the molecule is CCc1ccccc1NC(=O)CC(=O)NCCc1ccc(OC)c(OC)c1. The van der Waals surface area contributed by atoms with Gasteiger partial charge in [0.1, 0.15) is 6.42 Å². The quantitative estimate of drug-likeness (QED) is 0.666. The van der Waals surface area contributed by atoms with Gasteiger partial charge in [0.25, 0.3) is 0 Å². The average Bonchev–Trinajstić information content (AvgIpc) is 2.68. The Balaban J connectivity index is 1.80. The molecule has 0 atom stereocenters. The molecule has 0 saturated carbocycles. The number of carbonyl (C=O) groups is 2. The molecule has 0 bridgehead atoms. The number of nitrogens with one attached hydrogen (secondary N) is 2. The molecule has 0 radical (unpaired) electrons. The van der Waals surface area contributed by atoms with E-state index in [0.717, 1.165) is 23.2 Å². The molecule has 0 fully saturated rings. The van der Waals surface area contributed by atoms with Crippen LogP contribution in [0.2, 0.25) is 0 Å².